The van der Waals surface area contributed by atoms with Gasteiger partial charge in [-0.05, 0) is 19.4 Å². The molecule has 0 aromatic heterocycles. The van der Waals surface area contributed by atoms with E-state index in [-0.39, 0.29) is 12.1 Å². The molecular formula is C12H27NO3. The molecule has 0 spiro atoms. The Balaban J connectivity index is 3.48. The molecule has 4 heteroatoms. The summed E-state index contributed by atoms with van der Waals surface area (Å²) >= 11 is 0. The lowest BCUT2D eigenvalue weighted by Crippen LogP contribution is -2.49. The summed E-state index contributed by atoms with van der Waals surface area (Å²) in [5.74, 6) is 0.560. The molecule has 0 amide bonds. The predicted octanol–water partition coefficient (Wildman–Crippen LogP) is 1.04. The zero-order valence-electron chi connectivity index (χ0n) is 11.1. The van der Waals surface area contributed by atoms with E-state index in [1.54, 1.807) is 0 Å². The van der Waals surface area contributed by atoms with Crippen LogP contribution in [0.25, 0.3) is 0 Å². The maximum Gasteiger partial charge on any atom is 0.0701 e. The summed E-state index contributed by atoms with van der Waals surface area (Å²) in [6, 6.07) is 0. The van der Waals surface area contributed by atoms with Gasteiger partial charge in [-0.2, -0.15) is 0 Å². The summed E-state index contributed by atoms with van der Waals surface area (Å²) in [5.41, 5.74) is -0.340. The number of hydrogen-bond acceptors (Lipinski definition) is 4. The van der Waals surface area contributed by atoms with Crippen molar-refractivity contribution in [2.45, 2.75) is 33.2 Å². The number of nitrogens with one attached hydrogen (secondary N) is 1. The summed E-state index contributed by atoms with van der Waals surface area (Å²) in [4.78, 5) is 0. The van der Waals surface area contributed by atoms with Gasteiger partial charge in [-0.15, -0.1) is 0 Å². The number of ether oxygens (including phenoxy) is 2. The first kappa shape index (κ1) is 15.8. The van der Waals surface area contributed by atoms with Crippen LogP contribution in [0.3, 0.4) is 0 Å². The molecule has 0 aliphatic carbocycles. The van der Waals surface area contributed by atoms with Crippen molar-refractivity contribution in [3.05, 3.63) is 0 Å². The third kappa shape index (κ3) is 8.05. The van der Waals surface area contributed by atoms with E-state index >= 15 is 0 Å². The SMILES string of the molecule is CCNC(C)(CO)COCCOCC(C)C. The fourth-order valence-corrected chi connectivity index (χ4v) is 1.31. The zero-order chi connectivity index (χ0) is 12.4. The second kappa shape index (κ2) is 8.93. The predicted molar refractivity (Wildman–Crippen MR) is 65.6 cm³/mol. The second-order valence-corrected chi connectivity index (χ2v) is 4.77. The quantitative estimate of drug-likeness (QED) is 0.554. The van der Waals surface area contributed by atoms with Crippen molar-refractivity contribution in [2.24, 2.45) is 5.92 Å². The zero-order valence-corrected chi connectivity index (χ0v) is 11.1. The van der Waals surface area contributed by atoms with Gasteiger partial charge in [-0.25, -0.2) is 0 Å². The molecule has 1 unspecified atom stereocenters. The minimum atomic E-state index is -0.340. The van der Waals surface area contributed by atoms with Crippen LogP contribution < -0.4 is 5.32 Å². The normalized spacial score (nSPS) is 15.4. The number of aliphatic hydroxyl groups excluding tert-OH is 1. The summed E-state index contributed by atoms with van der Waals surface area (Å²) < 4.78 is 10.9. The van der Waals surface area contributed by atoms with Crippen molar-refractivity contribution in [1.82, 2.24) is 5.32 Å². The smallest absolute Gasteiger partial charge is 0.0701 e. The Kier molecular flexibility index (Phi) is 8.84. The summed E-state index contributed by atoms with van der Waals surface area (Å²) in [6.45, 7) is 11.6. The van der Waals surface area contributed by atoms with Gasteiger partial charge < -0.3 is 19.9 Å². The number of aliphatic hydroxyl groups is 1. The molecule has 0 aromatic rings. The van der Waals surface area contributed by atoms with Crippen LogP contribution in [0, 0.1) is 5.92 Å². The van der Waals surface area contributed by atoms with Crippen LogP contribution in [-0.4, -0.2) is 50.2 Å². The topological polar surface area (TPSA) is 50.7 Å². The van der Waals surface area contributed by atoms with Gasteiger partial charge >= 0.3 is 0 Å². The lowest BCUT2D eigenvalue weighted by molar-refractivity contribution is 0.00414. The molecule has 2 N–H and O–H groups in total. The first-order valence-corrected chi connectivity index (χ1v) is 6.05. The summed E-state index contributed by atoms with van der Waals surface area (Å²) in [7, 11) is 0. The minimum absolute atomic E-state index is 0.0771. The van der Waals surface area contributed by atoms with Gasteiger partial charge in [-0.3, -0.25) is 0 Å². The maximum atomic E-state index is 9.22. The Morgan fingerprint density at radius 3 is 2.38 bits per heavy atom. The van der Waals surface area contributed by atoms with Crippen LogP contribution in [0.15, 0.2) is 0 Å². The molecule has 4 nitrogen and oxygen atoms in total. The highest BCUT2D eigenvalue weighted by Gasteiger charge is 2.21. The molecule has 1 atom stereocenters. The van der Waals surface area contributed by atoms with Crippen LogP contribution in [0.1, 0.15) is 27.7 Å². The molecule has 0 bridgehead atoms. The second-order valence-electron chi connectivity index (χ2n) is 4.77. The molecular weight excluding hydrogens is 206 g/mol. The number of likely N-dealkylation sites (N-methyl/N-ethyl adjacent to an activating group) is 1. The van der Waals surface area contributed by atoms with Gasteiger partial charge in [-0.1, -0.05) is 20.8 Å². The monoisotopic (exact) mass is 233 g/mol. The largest absolute Gasteiger partial charge is 0.394 e. The molecule has 0 saturated carbocycles. The fraction of sp³-hybridized carbons (Fsp3) is 1.00. The fourth-order valence-electron chi connectivity index (χ4n) is 1.31. The number of hydrogen-bond donors (Lipinski definition) is 2. The molecule has 0 aliphatic heterocycles. The van der Waals surface area contributed by atoms with Crippen molar-refractivity contribution in [3.8, 4) is 0 Å². The van der Waals surface area contributed by atoms with Gasteiger partial charge in [0.2, 0.25) is 0 Å². The third-order valence-corrected chi connectivity index (χ3v) is 2.20. The molecule has 98 valence electrons. The Morgan fingerprint density at radius 1 is 1.25 bits per heavy atom. The van der Waals surface area contributed by atoms with Gasteiger partial charge in [0, 0.05) is 6.61 Å². The van der Waals surface area contributed by atoms with Crippen LogP contribution in [0.4, 0.5) is 0 Å². The Hall–Kier alpha value is -0.160. The Labute approximate surface area is 99.3 Å². The molecule has 0 radical (unpaired) electrons. The molecule has 0 saturated heterocycles. The minimum Gasteiger partial charge on any atom is -0.394 e. The highest BCUT2D eigenvalue weighted by atomic mass is 16.5. The Morgan fingerprint density at radius 2 is 1.88 bits per heavy atom. The first-order valence-electron chi connectivity index (χ1n) is 6.05. The van der Waals surface area contributed by atoms with Crippen LogP contribution in [0.5, 0.6) is 0 Å². The number of rotatable bonds is 10. The van der Waals surface area contributed by atoms with E-state index in [1.807, 2.05) is 13.8 Å². The summed E-state index contributed by atoms with van der Waals surface area (Å²) in [5, 5.41) is 12.4. The molecule has 0 heterocycles. The van der Waals surface area contributed by atoms with Crippen LogP contribution in [0.2, 0.25) is 0 Å². The maximum absolute atomic E-state index is 9.22. The van der Waals surface area contributed by atoms with Gasteiger partial charge in [0.05, 0.1) is 32.0 Å². The van der Waals surface area contributed by atoms with Gasteiger partial charge in [0.1, 0.15) is 0 Å². The van der Waals surface area contributed by atoms with E-state index in [1.165, 1.54) is 0 Å². The van der Waals surface area contributed by atoms with Crippen molar-refractivity contribution < 1.29 is 14.6 Å². The third-order valence-electron chi connectivity index (χ3n) is 2.20. The van der Waals surface area contributed by atoms with Crippen molar-refractivity contribution in [2.75, 3.05) is 39.6 Å². The highest BCUT2D eigenvalue weighted by molar-refractivity contribution is 4.81. The lowest BCUT2D eigenvalue weighted by Gasteiger charge is -2.27. The van der Waals surface area contributed by atoms with Crippen LogP contribution >= 0.6 is 0 Å². The molecule has 0 fully saturated rings. The van der Waals surface area contributed by atoms with Gasteiger partial charge in [0.15, 0.2) is 0 Å². The molecule has 0 rings (SSSR count). The molecule has 0 aliphatic rings. The summed E-state index contributed by atoms with van der Waals surface area (Å²) in [6.07, 6.45) is 0. The van der Waals surface area contributed by atoms with Crippen molar-refractivity contribution in [1.29, 1.82) is 0 Å². The van der Waals surface area contributed by atoms with E-state index in [4.69, 9.17) is 9.47 Å². The average Bonchev–Trinajstić information content (AvgIpc) is 2.23. The highest BCUT2D eigenvalue weighted by Crippen LogP contribution is 2.02. The standard InChI is InChI=1S/C12H27NO3/c1-5-13-12(4,9-14)10-16-7-6-15-8-11(2)3/h11,13-14H,5-10H2,1-4H3. The first-order chi connectivity index (χ1) is 7.54. The van der Waals surface area contributed by atoms with E-state index in [0.29, 0.717) is 25.7 Å². The van der Waals surface area contributed by atoms with E-state index in [9.17, 15) is 5.11 Å². The van der Waals surface area contributed by atoms with E-state index in [0.717, 1.165) is 13.2 Å². The molecule has 16 heavy (non-hydrogen) atoms. The van der Waals surface area contributed by atoms with Gasteiger partial charge in [0.25, 0.3) is 0 Å². The van der Waals surface area contributed by atoms with E-state index in [2.05, 4.69) is 19.2 Å². The molecule has 0 aromatic carbocycles. The Bertz CT molecular complexity index is 164. The van der Waals surface area contributed by atoms with Crippen LogP contribution in [-0.2, 0) is 9.47 Å². The average molecular weight is 233 g/mol. The van der Waals surface area contributed by atoms with E-state index < -0.39 is 0 Å². The lowest BCUT2D eigenvalue weighted by atomic mass is 10.1. The van der Waals surface area contributed by atoms with Crippen molar-refractivity contribution >= 4 is 0 Å². The van der Waals surface area contributed by atoms with Crippen molar-refractivity contribution in [3.63, 3.8) is 0 Å².